The van der Waals surface area contributed by atoms with Crippen LogP contribution in [0.15, 0.2) is 65.6 Å². The minimum absolute atomic E-state index is 0.191. The van der Waals surface area contributed by atoms with E-state index in [0.29, 0.717) is 22.6 Å². The van der Waals surface area contributed by atoms with Crippen LogP contribution in [0.4, 0.5) is 5.69 Å². The van der Waals surface area contributed by atoms with Crippen molar-refractivity contribution in [2.24, 2.45) is 0 Å². The van der Waals surface area contributed by atoms with Crippen molar-refractivity contribution in [3.63, 3.8) is 0 Å². The molecule has 1 saturated heterocycles. The summed E-state index contributed by atoms with van der Waals surface area (Å²) in [7, 11) is -2.67. The van der Waals surface area contributed by atoms with Gasteiger partial charge in [-0.15, -0.1) is 0 Å². The summed E-state index contributed by atoms with van der Waals surface area (Å²) in [6.45, 7) is 9.08. The van der Waals surface area contributed by atoms with Gasteiger partial charge < -0.3 is 4.74 Å². The molecule has 37 heavy (non-hydrogen) atoms. The smallest absolute Gasteiger partial charge is 0.252 e. The number of rotatable bonds is 7. The molecule has 8 heteroatoms. The maximum absolute atomic E-state index is 14.5. The molecule has 1 aliphatic heterocycles. The van der Waals surface area contributed by atoms with Gasteiger partial charge in [-0.25, -0.2) is 13.3 Å². The number of hydrogen-bond acceptors (Lipinski definition) is 5. The molecule has 1 heterocycles. The third-order valence-electron chi connectivity index (χ3n) is 7.26. The SMILES string of the molecule is COc1ccc(N2C(=O)CC(N(C(C)c3ccccc3)S(=O)(=O)c3c(C)c(C)cc(C)c3C)C2=O)cc1. The first-order valence-electron chi connectivity index (χ1n) is 12.2. The summed E-state index contributed by atoms with van der Waals surface area (Å²) in [6, 6.07) is 15.8. The number of methoxy groups -OCH3 is 1. The predicted octanol–water partition coefficient (Wildman–Crippen LogP) is 5.01. The Morgan fingerprint density at radius 3 is 2.03 bits per heavy atom. The number of aryl methyl sites for hydroxylation is 2. The molecular weight excluding hydrogens is 488 g/mol. The maximum atomic E-state index is 14.5. The summed E-state index contributed by atoms with van der Waals surface area (Å²) in [5, 5.41) is 0. The van der Waals surface area contributed by atoms with Gasteiger partial charge in [-0.2, -0.15) is 4.31 Å². The number of carbonyl (C=O) groups is 2. The van der Waals surface area contributed by atoms with Crippen LogP contribution >= 0.6 is 0 Å². The lowest BCUT2D eigenvalue weighted by atomic mass is 10.0. The van der Waals surface area contributed by atoms with Crippen LogP contribution in [0.5, 0.6) is 5.75 Å². The highest BCUT2D eigenvalue weighted by Crippen LogP contribution is 2.38. The van der Waals surface area contributed by atoms with Crippen molar-refractivity contribution in [3.05, 3.63) is 88.5 Å². The molecular formula is C29H32N2O5S. The van der Waals surface area contributed by atoms with E-state index in [-0.39, 0.29) is 11.3 Å². The minimum Gasteiger partial charge on any atom is -0.497 e. The number of hydrogen-bond donors (Lipinski definition) is 0. The highest BCUT2D eigenvalue weighted by molar-refractivity contribution is 7.89. The molecule has 3 aromatic rings. The molecule has 4 rings (SSSR count). The number of benzene rings is 3. The molecule has 1 aliphatic rings. The van der Waals surface area contributed by atoms with E-state index in [2.05, 4.69) is 0 Å². The Kier molecular flexibility index (Phi) is 7.26. The summed E-state index contributed by atoms with van der Waals surface area (Å²) in [4.78, 5) is 28.2. The highest BCUT2D eigenvalue weighted by atomic mass is 32.2. The van der Waals surface area contributed by atoms with Crippen LogP contribution in [0.3, 0.4) is 0 Å². The summed E-state index contributed by atoms with van der Waals surface area (Å²) < 4.78 is 35.4. The van der Waals surface area contributed by atoms with Crippen molar-refractivity contribution in [3.8, 4) is 5.75 Å². The zero-order valence-corrected chi connectivity index (χ0v) is 22.8. The second-order valence-corrected chi connectivity index (χ2v) is 11.3. The molecule has 7 nitrogen and oxygen atoms in total. The van der Waals surface area contributed by atoms with Gasteiger partial charge in [0, 0.05) is 6.04 Å². The van der Waals surface area contributed by atoms with Crippen molar-refractivity contribution in [1.82, 2.24) is 4.31 Å². The molecule has 0 bridgehead atoms. The fourth-order valence-electron chi connectivity index (χ4n) is 5.01. The maximum Gasteiger partial charge on any atom is 0.252 e. The number of anilines is 1. The number of nitrogens with zero attached hydrogens (tertiary/aromatic N) is 2. The molecule has 0 radical (unpaired) electrons. The van der Waals surface area contributed by atoms with Crippen LogP contribution in [0.25, 0.3) is 0 Å². The number of sulfonamides is 1. The fourth-order valence-corrected chi connectivity index (χ4v) is 7.36. The second-order valence-electron chi connectivity index (χ2n) is 9.50. The minimum atomic E-state index is -4.20. The Morgan fingerprint density at radius 2 is 1.49 bits per heavy atom. The normalized spacial score (nSPS) is 16.9. The zero-order valence-electron chi connectivity index (χ0n) is 22.0. The van der Waals surface area contributed by atoms with E-state index in [1.807, 2.05) is 50.2 Å². The van der Waals surface area contributed by atoms with Gasteiger partial charge in [0.1, 0.15) is 11.8 Å². The van der Waals surface area contributed by atoms with E-state index >= 15 is 0 Å². The van der Waals surface area contributed by atoms with Gasteiger partial charge >= 0.3 is 0 Å². The molecule has 0 aliphatic carbocycles. The summed E-state index contributed by atoms with van der Waals surface area (Å²) in [5.74, 6) is -0.433. The van der Waals surface area contributed by atoms with Crippen LogP contribution in [-0.2, 0) is 19.6 Å². The van der Waals surface area contributed by atoms with Gasteiger partial charge in [0.25, 0.3) is 5.91 Å². The number of ether oxygens (including phenoxy) is 1. The first-order valence-corrected chi connectivity index (χ1v) is 13.6. The van der Waals surface area contributed by atoms with Crippen LogP contribution in [0.1, 0.15) is 47.2 Å². The summed E-state index contributed by atoms with van der Waals surface area (Å²) in [5.41, 5.74) is 4.08. The number of imide groups is 1. The molecule has 1 fully saturated rings. The monoisotopic (exact) mass is 520 g/mol. The molecule has 0 spiro atoms. The van der Waals surface area contributed by atoms with Crippen molar-refractivity contribution in [2.75, 3.05) is 12.0 Å². The standard InChI is InChI=1S/C29H32N2O5S/c1-18-16-19(2)21(4)28(20(18)3)37(34,35)31(22(5)23-10-8-7-9-11-23)26-17-27(32)30(29(26)33)24-12-14-25(36-6)15-13-24/h7-16,22,26H,17H2,1-6H3. The second kappa shape index (κ2) is 10.1. The Hall–Kier alpha value is -3.49. The van der Waals surface area contributed by atoms with E-state index in [4.69, 9.17) is 4.74 Å². The Labute approximate surface area is 218 Å². The molecule has 2 amide bonds. The van der Waals surface area contributed by atoms with Crippen LogP contribution < -0.4 is 9.64 Å². The highest BCUT2D eigenvalue weighted by Gasteiger charge is 2.49. The van der Waals surface area contributed by atoms with Gasteiger partial charge in [-0.3, -0.25) is 9.59 Å². The molecule has 0 aromatic heterocycles. The van der Waals surface area contributed by atoms with E-state index in [1.54, 1.807) is 45.0 Å². The fraction of sp³-hybridized carbons (Fsp3) is 0.310. The van der Waals surface area contributed by atoms with E-state index in [0.717, 1.165) is 21.6 Å². The lowest BCUT2D eigenvalue weighted by Gasteiger charge is -2.34. The first kappa shape index (κ1) is 26.6. The molecule has 194 valence electrons. The molecule has 2 unspecified atom stereocenters. The molecule has 2 atom stereocenters. The van der Waals surface area contributed by atoms with Gasteiger partial charge in [0.2, 0.25) is 15.9 Å². The Bertz CT molecular complexity index is 1420. The summed E-state index contributed by atoms with van der Waals surface area (Å²) in [6.07, 6.45) is -0.246. The molecule has 3 aromatic carbocycles. The first-order chi connectivity index (χ1) is 17.5. The van der Waals surface area contributed by atoms with Crippen LogP contribution in [-0.4, -0.2) is 37.7 Å². The Morgan fingerprint density at radius 1 is 0.919 bits per heavy atom. The lowest BCUT2D eigenvalue weighted by molar-refractivity contribution is -0.122. The van der Waals surface area contributed by atoms with Gasteiger partial charge in [0.15, 0.2) is 0 Å². The number of amides is 2. The van der Waals surface area contributed by atoms with E-state index < -0.39 is 33.9 Å². The summed E-state index contributed by atoms with van der Waals surface area (Å²) >= 11 is 0. The van der Waals surface area contributed by atoms with Crippen LogP contribution in [0.2, 0.25) is 0 Å². The van der Waals surface area contributed by atoms with Crippen molar-refractivity contribution in [1.29, 1.82) is 0 Å². The van der Waals surface area contributed by atoms with Crippen molar-refractivity contribution < 1.29 is 22.7 Å². The van der Waals surface area contributed by atoms with E-state index in [9.17, 15) is 18.0 Å². The Balaban J connectivity index is 1.87. The predicted molar refractivity (Wildman–Crippen MR) is 143 cm³/mol. The molecule has 0 saturated carbocycles. The number of carbonyl (C=O) groups excluding carboxylic acids is 2. The van der Waals surface area contributed by atoms with Gasteiger partial charge in [0.05, 0.1) is 24.1 Å². The van der Waals surface area contributed by atoms with E-state index in [1.165, 1.54) is 11.4 Å². The zero-order chi connectivity index (χ0) is 27.1. The quantitative estimate of drug-likeness (QED) is 0.409. The average molecular weight is 521 g/mol. The lowest BCUT2D eigenvalue weighted by Crippen LogP contribution is -2.47. The van der Waals surface area contributed by atoms with Crippen molar-refractivity contribution >= 4 is 27.5 Å². The molecule has 0 N–H and O–H groups in total. The largest absolute Gasteiger partial charge is 0.497 e. The van der Waals surface area contributed by atoms with Gasteiger partial charge in [-0.05, 0) is 86.7 Å². The third kappa shape index (κ3) is 4.67. The topological polar surface area (TPSA) is 84.0 Å². The average Bonchev–Trinajstić information content (AvgIpc) is 3.16. The third-order valence-corrected chi connectivity index (χ3v) is 9.51. The van der Waals surface area contributed by atoms with Gasteiger partial charge in [-0.1, -0.05) is 36.4 Å². The van der Waals surface area contributed by atoms with Crippen molar-refractivity contribution in [2.45, 2.75) is 58.0 Å². The van der Waals surface area contributed by atoms with Crippen LogP contribution in [0, 0.1) is 27.7 Å².